The van der Waals surface area contributed by atoms with Crippen LogP contribution in [0.5, 0.6) is 0 Å². The fourth-order valence-corrected chi connectivity index (χ4v) is 1.96. The summed E-state index contributed by atoms with van der Waals surface area (Å²) < 4.78 is 1.70. The highest BCUT2D eigenvalue weighted by Crippen LogP contribution is 2.08. The van der Waals surface area contributed by atoms with Crippen LogP contribution in [0.15, 0.2) is 30.5 Å². The topological polar surface area (TPSA) is 59.8 Å². The highest BCUT2D eigenvalue weighted by molar-refractivity contribution is 5.76. The van der Waals surface area contributed by atoms with Crippen molar-refractivity contribution in [1.82, 2.24) is 20.1 Å². The predicted molar refractivity (Wildman–Crippen MR) is 72.5 cm³/mol. The molecule has 0 aromatic carbocycles. The van der Waals surface area contributed by atoms with Crippen LogP contribution >= 0.6 is 0 Å². The first-order valence-corrected chi connectivity index (χ1v) is 6.27. The highest BCUT2D eigenvalue weighted by atomic mass is 16.2. The van der Waals surface area contributed by atoms with E-state index in [-0.39, 0.29) is 18.5 Å². The van der Waals surface area contributed by atoms with Gasteiger partial charge in [-0.3, -0.25) is 14.5 Å². The Bertz CT molecular complexity index is 562. The molecule has 19 heavy (non-hydrogen) atoms. The lowest BCUT2D eigenvalue weighted by Crippen LogP contribution is -2.31. The summed E-state index contributed by atoms with van der Waals surface area (Å²) >= 11 is 0. The maximum absolute atomic E-state index is 12.0. The zero-order valence-corrected chi connectivity index (χ0v) is 11.4. The molecule has 2 aromatic rings. The molecule has 0 radical (unpaired) electrons. The Morgan fingerprint density at radius 1 is 1.42 bits per heavy atom. The average molecular weight is 258 g/mol. The minimum absolute atomic E-state index is 0.0654. The summed E-state index contributed by atoms with van der Waals surface area (Å²) in [5.74, 6) is -0.0654. The van der Waals surface area contributed by atoms with Crippen LogP contribution in [0.3, 0.4) is 0 Å². The summed E-state index contributed by atoms with van der Waals surface area (Å²) in [6, 6.07) is 7.51. The first-order chi connectivity index (χ1) is 9.06. The van der Waals surface area contributed by atoms with Gasteiger partial charge in [-0.15, -0.1) is 0 Å². The van der Waals surface area contributed by atoms with E-state index in [0.717, 1.165) is 17.1 Å². The van der Waals surface area contributed by atoms with Crippen LogP contribution < -0.4 is 5.32 Å². The van der Waals surface area contributed by atoms with E-state index in [9.17, 15) is 4.79 Å². The van der Waals surface area contributed by atoms with Gasteiger partial charge in [0.05, 0.1) is 17.4 Å². The molecular weight excluding hydrogens is 240 g/mol. The molecule has 0 aliphatic carbocycles. The molecule has 0 aliphatic heterocycles. The lowest BCUT2D eigenvalue weighted by Gasteiger charge is -2.13. The van der Waals surface area contributed by atoms with Gasteiger partial charge in [-0.05, 0) is 39.0 Å². The average Bonchev–Trinajstić information content (AvgIpc) is 2.68. The number of nitrogens with zero attached hydrogens (tertiary/aromatic N) is 3. The molecule has 0 spiro atoms. The number of aromatic nitrogens is 3. The molecule has 1 atom stereocenters. The molecular formula is C14H18N4O. The number of carbonyl (C=O) groups excluding carboxylic acids is 1. The molecule has 2 heterocycles. The normalized spacial score (nSPS) is 12.2. The number of amides is 1. The van der Waals surface area contributed by atoms with Crippen LogP contribution in [-0.2, 0) is 11.3 Å². The first kappa shape index (κ1) is 13.3. The number of carbonyl (C=O) groups is 1. The molecule has 2 aromatic heterocycles. The van der Waals surface area contributed by atoms with Crippen molar-refractivity contribution in [3.63, 3.8) is 0 Å². The Morgan fingerprint density at radius 3 is 2.79 bits per heavy atom. The second-order valence-corrected chi connectivity index (χ2v) is 4.63. The molecule has 0 aliphatic rings. The molecule has 2 rings (SSSR count). The van der Waals surface area contributed by atoms with Gasteiger partial charge in [-0.2, -0.15) is 5.10 Å². The second kappa shape index (κ2) is 5.65. The quantitative estimate of drug-likeness (QED) is 0.909. The van der Waals surface area contributed by atoms with Crippen molar-refractivity contribution in [1.29, 1.82) is 0 Å². The summed E-state index contributed by atoms with van der Waals surface area (Å²) in [7, 11) is 0. The van der Waals surface area contributed by atoms with Gasteiger partial charge >= 0.3 is 0 Å². The van der Waals surface area contributed by atoms with E-state index < -0.39 is 0 Å². The fourth-order valence-electron chi connectivity index (χ4n) is 1.96. The summed E-state index contributed by atoms with van der Waals surface area (Å²) in [6.45, 7) is 6.01. The van der Waals surface area contributed by atoms with Crippen molar-refractivity contribution in [3.05, 3.63) is 47.5 Å². The molecule has 0 saturated carbocycles. The van der Waals surface area contributed by atoms with Gasteiger partial charge in [0.2, 0.25) is 5.91 Å². The van der Waals surface area contributed by atoms with Crippen molar-refractivity contribution >= 4 is 5.91 Å². The van der Waals surface area contributed by atoms with Gasteiger partial charge in [0, 0.05) is 11.9 Å². The molecule has 5 heteroatoms. The summed E-state index contributed by atoms with van der Waals surface area (Å²) in [5, 5.41) is 7.19. The Labute approximate surface area is 112 Å². The van der Waals surface area contributed by atoms with E-state index >= 15 is 0 Å². The molecule has 5 nitrogen and oxygen atoms in total. The standard InChI is InChI=1S/C14H18N4O/c1-10-8-11(2)18(17-10)9-14(19)16-12(3)13-6-4-5-7-15-13/h4-8,12H,9H2,1-3H3,(H,16,19)/t12-/m1/s1. The zero-order valence-electron chi connectivity index (χ0n) is 11.4. The number of aryl methyl sites for hydroxylation is 2. The monoisotopic (exact) mass is 258 g/mol. The first-order valence-electron chi connectivity index (χ1n) is 6.27. The summed E-state index contributed by atoms with van der Waals surface area (Å²) in [5.41, 5.74) is 2.76. The summed E-state index contributed by atoms with van der Waals surface area (Å²) in [4.78, 5) is 16.2. The van der Waals surface area contributed by atoms with E-state index in [1.165, 1.54) is 0 Å². The molecule has 100 valence electrons. The Kier molecular flexibility index (Phi) is 3.94. The van der Waals surface area contributed by atoms with Crippen LogP contribution in [0.4, 0.5) is 0 Å². The van der Waals surface area contributed by atoms with Crippen LogP contribution in [0.25, 0.3) is 0 Å². The van der Waals surface area contributed by atoms with Gasteiger partial charge in [0.15, 0.2) is 0 Å². The Morgan fingerprint density at radius 2 is 2.21 bits per heavy atom. The second-order valence-electron chi connectivity index (χ2n) is 4.63. The highest BCUT2D eigenvalue weighted by Gasteiger charge is 2.12. The minimum atomic E-state index is -0.106. The molecule has 0 fully saturated rings. The zero-order chi connectivity index (χ0) is 13.8. The number of nitrogens with one attached hydrogen (secondary N) is 1. The van der Waals surface area contributed by atoms with Crippen LogP contribution in [-0.4, -0.2) is 20.7 Å². The van der Waals surface area contributed by atoms with Crippen LogP contribution in [0, 0.1) is 13.8 Å². The van der Waals surface area contributed by atoms with Crippen molar-refractivity contribution in [2.24, 2.45) is 0 Å². The van der Waals surface area contributed by atoms with E-state index in [1.54, 1.807) is 10.9 Å². The summed E-state index contributed by atoms with van der Waals surface area (Å²) in [6.07, 6.45) is 1.72. The fraction of sp³-hybridized carbons (Fsp3) is 0.357. The Hall–Kier alpha value is -2.17. The van der Waals surface area contributed by atoms with Crippen LogP contribution in [0.1, 0.15) is 30.0 Å². The van der Waals surface area contributed by atoms with Crippen LogP contribution in [0.2, 0.25) is 0 Å². The maximum atomic E-state index is 12.0. The third kappa shape index (κ3) is 3.40. The van der Waals surface area contributed by atoms with Crippen molar-refractivity contribution in [2.75, 3.05) is 0 Å². The lowest BCUT2D eigenvalue weighted by atomic mass is 10.2. The SMILES string of the molecule is Cc1cc(C)n(CC(=O)N[C@H](C)c2ccccn2)n1. The molecule has 0 bridgehead atoms. The van der Waals surface area contributed by atoms with E-state index in [2.05, 4.69) is 15.4 Å². The number of rotatable bonds is 4. The largest absolute Gasteiger partial charge is 0.346 e. The maximum Gasteiger partial charge on any atom is 0.242 e. The van der Waals surface area contributed by atoms with E-state index in [0.29, 0.717) is 0 Å². The van der Waals surface area contributed by atoms with E-state index in [4.69, 9.17) is 0 Å². The van der Waals surface area contributed by atoms with E-state index in [1.807, 2.05) is 45.0 Å². The third-order valence-corrected chi connectivity index (χ3v) is 2.91. The molecule has 1 amide bonds. The number of hydrogen-bond acceptors (Lipinski definition) is 3. The van der Waals surface area contributed by atoms with Gasteiger partial charge < -0.3 is 5.32 Å². The van der Waals surface area contributed by atoms with Crippen molar-refractivity contribution < 1.29 is 4.79 Å². The number of pyridine rings is 1. The van der Waals surface area contributed by atoms with Gasteiger partial charge in [-0.25, -0.2) is 0 Å². The van der Waals surface area contributed by atoms with Gasteiger partial charge in [0.25, 0.3) is 0 Å². The predicted octanol–water partition coefficient (Wildman–Crippen LogP) is 1.77. The Balaban J connectivity index is 1.96. The molecule has 0 unspecified atom stereocenters. The van der Waals surface area contributed by atoms with Crippen molar-refractivity contribution in [2.45, 2.75) is 33.4 Å². The van der Waals surface area contributed by atoms with Gasteiger partial charge in [0.1, 0.15) is 6.54 Å². The number of hydrogen-bond donors (Lipinski definition) is 1. The smallest absolute Gasteiger partial charge is 0.242 e. The minimum Gasteiger partial charge on any atom is -0.346 e. The molecule has 0 saturated heterocycles. The lowest BCUT2D eigenvalue weighted by molar-refractivity contribution is -0.122. The molecule has 1 N–H and O–H groups in total. The van der Waals surface area contributed by atoms with Gasteiger partial charge in [-0.1, -0.05) is 6.07 Å². The van der Waals surface area contributed by atoms with Crippen molar-refractivity contribution in [3.8, 4) is 0 Å². The third-order valence-electron chi connectivity index (χ3n) is 2.91.